The lowest BCUT2D eigenvalue weighted by Crippen LogP contribution is -2.45. The van der Waals surface area contributed by atoms with Gasteiger partial charge in [0.15, 0.2) is 0 Å². The fourth-order valence-electron chi connectivity index (χ4n) is 3.69. The number of hydroxylamine groups is 1. The van der Waals surface area contributed by atoms with E-state index >= 15 is 0 Å². The molecule has 1 saturated heterocycles. The molecule has 136 valence electrons. The Kier molecular flexibility index (Phi) is 6.68. The first kappa shape index (κ1) is 18.2. The molecule has 1 aliphatic carbocycles. The van der Waals surface area contributed by atoms with Crippen molar-refractivity contribution in [1.82, 2.24) is 10.8 Å². The number of benzene rings is 1. The number of aliphatic hydroxyl groups is 1. The van der Waals surface area contributed by atoms with Crippen molar-refractivity contribution in [2.24, 2.45) is 5.92 Å². The van der Waals surface area contributed by atoms with E-state index in [1.54, 1.807) is 0 Å². The van der Waals surface area contributed by atoms with Gasteiger partial charge < -0.3 is 10.4 Å². The van der Waals surface area contributed by atoms with Gasteiger partial charge in [-0.1, -0.05) is 36.4 Å². The van der Waals surface area contributed by atoms with E-state index < -0.39 is 6.10 Å². The van der Waals surface area contributed by atoms with Crippen molar-refractivity contribution in [2.45, 2.75) is 51.2 Å². The minimum absolute atomic E-state index is 0.200. The first-order valence-corrected chi connectivity index (χ1v) is 9.50. The Labute approximate surface area is 150 Å². The van der Waals surface area contributed by atoms with E-state index in [1.165, 1.54) is 11.1 Å². The quantitative estimate of drug-likeness (QED) is 0.694. The van der Waals surface area contributed by atoms with Crippen molar-refractivity contribution in [2.75, 3.05) is 13.1 Å². The molecular weight excluding hydrogens is 312 g/mol. The fourth-order valence-corrected chi connectivity index (χ4v) is 3.69. The van der Waals surface area contributed by atoms with Gasteiger partial charge in [-0.3, -0.25) is 10.3 Å². The van der Waals surface area contributed by atoms with Crippen LogP contribution in [0, 0.1) is 5.92 Å². The van der Waals surface area contributed by atoms with Crippen LogP contribution in [0.1, 0.15) is 44.6 Å². The lowest BCUT2D eigenvalue weighted by molar-refractivity contribution is -0.101. The summed E-state index contributed by atoms with van der Waals surface area (Å²) in [7, 11) is 0. The third-order valence-electron chi connectivity index (χ3n) is 5.07. The maximum absolute atomic E-state index is 10.2. The molecule has 1 unspecified atom stereocenters. The summed E-state index contributed by atoms with van der Waals surface area (Å²) in [6.45, 7) is 3.78. The molecule has 3 N–H and O–H groups in total. The standard InChI is InChI=1S/C21H30N2O2/c1-16(24)21(19-11-7-13-22-15-19)25-23-20-12-6-5-10-18(20)14-17-8-3-2-4-9-17/h2-4,8-9,12,14,16,19,21-24H,5-7,10-11,13,15H2,1H3/t16-,19?,21-/m1/s1. The summed E-state index contributed by atoms with van der Waals surface area (Å²) < 4.78 is 0. The van der Waals surface area contributed by atoms with Crippen LogP contribution in [-0.2, 0) is 4.84 Å². The van der Waals surface area contributed by atoms with Crippen LogP contribution in [0.5, 0.6) is 0 Å². The molecule has 0 aromatic heterocycles. The predicted molar refractivity (Wildman–Crippen MR) is 102 cm³/mol. The van der Waals surface area contributed by atoms with Gasteiger partial charge in [0.1, 0.15) is 6.10 Å². The second-order valence-electron chi connectivity index (χ2n) is 7.12. The van der Waals surface area contributed by atoms with Crippen molar-refractivity contribution in [1.29, 1.82) is 0 Å². The first-order valence-electron chi connectivity index (χ1n) is 9.50. The normalized spacial score (nSPS) is 25.3. The molecule has 25 heavy (non-hydrogen) atoms. The van der Waals surface area contributed by atoms with E-state index in [2.05, 4.69) is 47.2 Å². The molecule has 1 heterocycles. The molecule has 1 aromatic rings. The number of piperidine rings is 1. The Morgan fingerprint density at radius 1 is 1.28 bits per heavy atom. The molecule has 4 nitrogen and oxygen atoms in total. The van der Waals surface area contributed by atoms with Crippen molar-refractivity contribution in [3.05, 3.63) is 53.2 Å². The van der Waals surface area contributed by atoms with Crippen LogP contribution in [0.2, 0.25) is 0 Å². The largest absolute Gasteiger partial charge is 0.391 e. The summed E-state index contributed by atoms with van der Waals surface area (Å²) in [6.07, 6.45) is 9.23. The zero-order chi connectivity index (χ0) is 17.5. The Hall–Kier alpha value is -1.62. The fraction of sp³-hybridized carbons (Fsp3) is 0.524. The van der Waals surface area contributed by atoms with Gasteiger partial charge in [0, 0.05) is 12.5 Å². The highest BCUT2D eigenvalue weighted by Crippen LogP contribution is 2.26. The molecule has 1 aromatic carbocycles. The van der Waals surface area contributed by atoms with Gasteiger partial charge in [0.25, 0.3) is 0 Å². The van der Waals surface area contributed by atoms with Gasteiger partial charge >= 0.3 is 0 Å². The molecule has 2 aliphatic rings. The van der Waals surface area contributed by atoms with E-state index in [9.17, 15) is 5.11 Å². The van der Waals surface area contributed by atoms with Gasteiger partial charge in [0.2, 0.25) is 0 Å². The first-order chi connectivity index (χ1) is 12.2. The lowest BCUT2D eigenvalue weighted by Gasteiger charge is -2.33. The summed E-state index contributed by atoms with van der Waals surface area (Å²) in [4.78, 5) is 6.00. The van der Waals surface area contributed by atoms with Gasteiger partial charge in [-0.05, 0) is 62.8 Å². The number of allylic oxidation sites excluding steroid dienone is 2. The average Bonchev–Trinajstić information content (AvgIpc) is 2.65. The molecule has 4 heteroatoms. The van der Waals surface area contributed by atoms with Crippen LogP contribution < -0.4 is 10.8 Å². The molecule has 0 saturated carbocycles. The highest BCUT2D eigenvalue weighted by Gasteiger charge is 2.29. The molecule has 3 rings (SSSR count). The molecule has 1 aliphatic heterocycles. The van der Waals surface area contributed by atoms with Crippen LogP contribution >= 0.6 is 0 Å². The number of rotatable bonds is 6. The summed E-state index contributed by atoms with van der Waals surface area (Å²) >= 11 is 0. The van der Waals surface area contributed by atoms with Crippen molar-refractivity contribution in [3.63, 3.8) is 0 Å². The SMILES string of the molecule is C[C@@H](O)[C@@H](ONC1=CCCCC1=Cc1ccccc1)C1CCCNC1. The zero-order valence-electron chi connectivity index (χ0n) is 15.1. The van der Waals surface area contributed by atoms with Crippen molar-refractivity contribution < 1.29 is 9.94 Å². The van der Waals surface area contributed by atoms with Gasteiger partial charge in [-0.2, -0.15) is 0 Å². The predicted octanol–water partition coefficient (Wildman–Crippen LogP) is 3.41. The summed E-state index contributed by atoms with van der Waals surface area (Å²) in [5, 5.41) is 13.6. The number of aliphatic hydroxyl groups excluding tert-OH is 1. The molecule has 1 fully saturated rings. The van der Waals surface area contributed by atoms with Gasteiger partial charge in [-0.15, -0.1) is 0 Å². The molecule has 0 radical (unpaired) electrons. The Balaban J connectivity index is 1.66. The maximum Gasteiger partial charge on any atom is 0.115 e. The van der Waals surface area contributed by atoms with Crippen LogP contribution in [-0.4, -0.2) is 30.4 Å². The smallest absolute Gasteiger partial charge is 0.115 e. The van der Waals surface area contributed by atoms with Crippen molar-refractivity contribution >= 4 is 6.08 Å². The topological polar surface area (TPSA) is 53.5 Å². The molecule has 0 bridgehead atoms. The minimum atomic E-state index is -0.497. The molecule has 0 amide bonds. The minimum Gasteiger partial charge on any atom is -0.391 e. The Morgan fingerprint density at radius 2 is 2.12 bits per heavy atom. The van der Waals surface area contributed by atoms with Crippen LogP contribution in [0.4, 0.5) is 0 Å². The van der Waals surface area contributed by atoms with E-state index in [-0.39, 0.29) is 6.10 Å². The highest BCUT2D eigenvalue weighted by molar-refractivity contribution is 5.58. The summed E-state index contributed by atoms with van der Waals surface area (Å²) in [6, 6.07) is 10.4. The Morgan fingerprint density at radius 3 is 2.84 bits per heavy atom. The maximum atomic E-state index is 10.2. The molecular formula is C21H30N2O2. The average molecular weight is 342 g/mol. The van der Waals surface area contributed by atoms with Crippen LogP contribution in [0.15, 0.2) is 47.7 Å². The van der Waals surface area contributed by atoms with E-state index in [4.69, 9.17) is 4.84 Å². The number of hydrogen-bond acceptors (Lipinski definition) is 4. The second-order valence-corrected chi connectivity index (χ2v) is 7.12. The van der Waals surface area contributed by atoms with E-state index in [0.29, 0.717) is 5.92 Å². The van der Waals surface area contributed by atoms with Crippen molar-refractivity contribution in [3.8, 4) is 0 Å². The molecule has 3 atom stereocenters. The monoisotopic (exact) mass is 342 g/mol. The van der Waals surface area contributed by atoms with E-state index in [0.717, 1.165) is 50.9 Å². The lowest BCUT2D eigenvalue weighted by atomic mass is 9.91. The molecule has 0 spiro atoms. The summed E-state index contributed by atoms with van der Waals surface area (Å²) in [5.41, 5.74) is 6.69. The number of hydrogen-bond donors (Lipinski definition) is 3. The Bertz CT molecular complexity index is 589. The second kappa shape index (κ2) is 9.18. The van der Waals surface area contributed by atoms with Crippen LogP contribution in [0.3, 0.4) is 0 Å². The third kappa shape index (κ3) is 5.18. The summed E-state index contributed by atoms with van der Waals surface area (Å²) in [5.74, 6) is 0.340. The number of nitrogens with one attached hydrogen (secondary N) is 2. The zero-order valence-corrected chi connectivity index (χ0v) is 15.1. The van der Waals surface area contributed by atoms with E-state index in [1.807, 2.05) is 13.0 Å². The van der Waals surface area contributed by atoms with Crippen LogP contribution in [0.25, 0.3) is 6.08 Å². The highest BCUT2D eigenvalue weighted by atomic mass is 16.7. The third-order valence-corrected chi connectivity index (χ3v) is 5.07. The van der Waals surface area contributed by atoms with Gasteiger partial charge in [0.05, 0.1) is 11.8 Å². The van der Waals surface area contributed by atoms with Gasteiger partial charge in [-0.25, -0.2) is 0 Å².